The lowest BCUT2D eigenvalue weighted by Crippen LogP contribution is -1.80. The van der Waals surface area contributed by atoms with E-state index in [0.717, 1.165) is 5.69 Å². The standard InChI is InChI=1S/C8H10N2/c1-7(2)5-8-3-4-9-6-10-8/h3-6H,1-2H3. The molecule has 0 aromatic carbocycles. The highest BCUT2D eigenvalue weighted by molar-refractivity contribution is 5.46. The average Bonchev–Trinajstić information content (AvgIpc) is 1.88. The van der Waals surface area contributed by atoms with Gasteiger partial charge in [-0.25, -0.2) is 9.97 Å². The fourth-order valence-corrected chi connectivity index (χ4v) is 0.682. The van der Waals surface area contributed by atoms with E-state index in [1.54, 1.807) is 12.5 Å². The van der Waals surface area contributed by atoms with E-state index in [9.17, 15) is 0 Å². The third kappa shape index (κ3) is 1.97. The maximum atomic E-state index is 4.03. The van der Waals surface area contributed by atoms with Gasteiger partial charge in [-0.15, -0.1) is 0 Å². The zero-order valence-corrected chi connectivity index (χ0v) is 6.20. The van der Waals surface area contributed by atoms with Crippen LogP contribution in [0.1, 0.15) is 19.5 Å². The van der Waals surface area contributed by atoms with E-state index in [1.165, 1.54) is 5.57 Å². The first kappa shape index (κ1) is 6.93. The summed E-state index contributed by atoms with van der Waals surface area (Å²) >= 11 is 0. The van der Waals surface area contributed by atoms with Crippen LogP contribution in [0.5, 0.6) is 0 Å². The van der Waals surface area contributed by atoms with Crippen molar-refractivity contribution in [1.29, 1.82) is 0 Å². The lowest BCUT2D eigenvalue weighted by atomic mass is 10.3. The van der Waals surface area contributed by atoms with Gasteiger partial charge in [0.2, 0.25) is 0 Å². The van der Waals surface area contributed by atoms with Crippen LogP contribution >= 0.6 is 0 Å². The highest BCUT2D eigenvalue weighted by Crippen LogP contribution is 1.99. The first-order valence-electron chi connectivity index (χ1n) is 3.20. The quantitative estimate of drug-likeness (QED) is 0.586. The average molecular weight is 134 g/mol. The Morgan fingerprint density at radius 3 is 2.80 bits per heavy atom. The van der Waals surface area contributed by atoms with Gasteiger partial charge in [-0.05, 0) is 26.0 Å². The topological polar surface area (TPSA) is 25.8 Å². The Bertz CT molecular complexity index is 222. The molecule has 10 heavy (non-hydrogen) atoms. The van der Waals surface area contributed by atoms with Gasteiger partial charge in [0.15, 0.2) is 0 Å². The van der Waals surface area contributed by atoms with Crippen molar-refractivity contribution in [2.75, 3.05) is 0 Å². The number of hydrogen-bond donors (Lipinski definition) is 0. The molecule has 0 saturated heterocycles. The molecule has 52 valence electrons. The molecule has 0 aliphatic heterocycles. The minimum absolute atomic E-state index is 0.968. The second-order valence-electron chi connectivity index (χ2n) is 2.36. The largest absolute Gasteiger partial charge is 0.245 e. The van der Waals surface area contributed by atoms with E-state index >= 15 is 0 Å². The highest BCUT2D eigenvalue weighted by Gasteiger charge is 1.84. The first-order chi connectivity index (χ1) is 4.79. The van der Waals surface area contributed by atoms with E-state index in [2.05, 4.69) is 9.97 Å². The van der Waals surface area contributed by atoms with Crippen LogP contribution in [0.2, 0.25) is 0 Å². The van der Waals surface area contributed by atoms with Gasteiger partial charge < -0.3 is 0 Å². The maximum Gasteiger partial charge on any atom is 0.115 e. The summed E-state index contributed by atoms with van der Waals surface area (Å²) in [4.78, 5) is 7.84. The molecule has 1 aromatic rings. The fourth-order valence-electron chi connectivity index (χ4n) is 0.682. The van der Waals surface area contributed by atoms with Crippen LogP contribution in [-0.2, 0) is 0 Å². The Balaban J connectivity index is 2.87. The molecule has 0 amide bonds. The van der Waals surface area contributed by atoms with Gasteiger partial charge >= 0.3 is 0 Å². The summed E-state index contributed by atoms with van der Waals surface area (Å²) in [7, 11) is 0. The zero-order chi connectivity index (χ0) is 7.40. The monoisotopic (exact) mass is 134 g/mol. The highest BCUT2D eigenvalue weighted by atomic mass is 14.8. The van der Waals surface area contributed by atoms with Crippen molar-refractivity contribution in [2.24, 2.45) is 0 Å². The first-order valence-corrected chi connectivity index (χ1v) is 3.20. The number of hydrogen-bond acceptors (Lipinski definition) is 2. The summed E-state index contributed by atoms with van der Waals surface area (Å²) in [6.07, 6.45) is 5.30. The molecule has 0 aliphatic rings. The minimum atomic E-state index is 0.968. The SMILES string of the molecule is CC(C)=Cc1ccncn1. The Morgan fingerprint density at radius 1 is 1.50 bits per heavy atom. The summed E-state index contributed by atoms with van der Waals surface area (Å²) < 4.78 is 0. The Labute approximate surface area is 60.6 Å². The smallest absolute Gasteiger partial charge is 0.115 e. The normalized spacial score (nSPS) is 9.00. The molecular weight excluding hydrogens is 124 g/mol. The predicted octanol–water partition coefficient (Wildman–Crippen LogP) is 1.90. The summed E-state index contributed by atoms with van der Waals surface area (Å²) in [5.74, 6) is 0. The van der Waals surface area contributed by atoms with E-state index in [4.69, 9.17) is 0 Å². The number of nitrogens with zero attached hydrogens (tertiary/aromatic N) is 2. The third-order valence-electron chi connectivity index (χ3n) is 1.04. The predicted molar refractivity (Wildman–Crippen MR) is 41.4 cm³/mol. The molecule has 1 rings (SSSR count). The Hall–Kier alpha value is -1.18. The second-order valence-corrected chi connectivity index (χ2v) is 2.36. The molecular formula is C8H10N2. The van der Waals surface area contributed by atoms with Crippen molar-refractivity contribution in [3.05, 3.63) is 29.9 Å². The molecule has 0 atom stereocenters. The summed E-state index contributed by atoms with van der Waals surface area (Å²) in [5.41, 5.74) is 2.22. The van der Waals surface area contributed by atoms with E-state index in [0.29, 0.717) is 0 Å². The Morgan fingerprint density at radius 2 is 2.30 bits per heavy atom. The van der Waals surface area contributed by atoms with Crippen LogP contribution in [0.3, 0.4) is 0 Å². The zero-order valence-electron chi connectivity index (χ0n) is 6.20. The lowest BCUT2D eigenvalue weighted by molar-refractivity contribution is 1.15. The molecule has 0 spiro atoms. The molecule has 0 saturated carbocycles. The van der Waals surface area contributed by atoms with Crippen LogP contribution in [0.25, 0.3) is 6.08 Å². The van der Waals surface area contributed by atoms with Gasteiger partial charge in [0.25, 0.3) is 0 Å². The lowest BCUT2D eigenvalue weighted by Gasteiger charge is -1.90. The molecule has 1 heterocycles. The number of aromatic nitrogens is 2. The summed E-state index contributed by atoms with van der Waals surface area (Å²) in [6.45, 7) is 4.09. The van der Waals surface area contributed by atoms with Gasteiger partial charge in [0.1, 0.15) is 6.33 Å². The van der Waals surface area contributed by atoms with Crippen LogP contribution in [0.15, 0.2) is 24.2 Å². The van der Waals surface area contributed by atoms with E-state index in [1.807, 2.05) is 26.0 Å². The molecule has 0 N–H and O–H groups in total. The van der Waals surface area contributed by atoms with Gasteiger partial charge in [-0.2, -0.15) is 0 Å². The summed E-state index contributed by atoms with van der Waals surface area (Å²) in [6, 6.07) is 1.88. The van der Waals surface area contributed by atoms with Gasteiger partial charge in [-0.3, -0.25) is 0 Å². The molecule has 2 heteroatoms. The van der Waals surface area contributed by atoms with Gasteiger partial charge in [0.05, 0.1) is 5.69 Å². The molecule has 0 aliphatic carbocycles. The molecule has 0 unspecified atom stereocenters. The van der Waals surface area contributed by atoms with Crippen molar-refractivity contribution >= 4 is 6.08 Å². The van der Waals surface area contributed by atoms with Crippen LogP contribution in [-0.4, -0.2) is 9.97 Å². The van der Waals surface area contributed by atoms with Crippen LogP contribution in [0, 0.1) is 0 Å². The van der Waals surface area contributed by atoms with E-state index in [-0.39, 0.29) is 0 Å². The van der Waals surface area contributed by atoms with Crippen LogP contribution in [0.4, 0.5) is 0 Å². The van der Waals surface area contributed by atoms with Crippen molar-refractivity contribution < 1.29 is 0 Å². The summed E-state index contributed by atoms with van der Waals surface area (Å²) in [5, 5.41) is 0. The molecule has 0 radical (unpaired) electrons. The molecule has 0 bridgehead atoms. The molecule has 0 fully saturated rings. The minimum Gasteiger partial charge on any atom is -0.245 e. The molecule has 1 aromatic heterocycles. The number of allylic oxidation sites excluding steroid dienone is 1. The Kier molecular flexibility index (Phi) is 2.15. The van der Waals surface area contributed by atoms with Gasteiger partial charge in [-0.1, -0.05) is 5.57 Å². The van der Waals surface area contributed by atoms with Crippen molar-refractivity contribution in [3.8, 4) is 0 Å². The maximum absolute atomic E-state index is 4.03. The number of rotatable bonds is 1. The molecule has 2 nitrogen and oxygen atoms in total. The van der Waals surface area contributed by atoms with Gasteiger partial charge in [0, 0.05) is 6.20 Å². The van der Waals surface area contributed by atoms with Crippen molar-refractivity contribution in [3.63, 3.8) is 0 Å². The third-order valence-corrected chi connectivity index (χ3v) is 1.04. The van der Waals surface area contributed by atoms with Crippen LogP contribution < -0.4 is 0 Å². The van der Waals surface area contributed by atoms with E-state index < -0.39 is 0 Å². The fraction of sp³-hybridized carbons (Fsp3) is 0.250. The second kappa shape index (κ2) is 3.11. The van der Waals surface area contributed by atoms with Crippen molar-refractivity contribution in [2.45, 2.75) is 13.8 Å². The van der Waals surface area contributed by atoms with Crippen molar-refractivity contribution in [1.82, 2.24) is 9.97 Å².